The van der Waals surface area contributed by atoms with Crippen molar-refractivity contribution in [2.24, 2.45) is 0 Å². The topological polar surface area (TPSA) is 9.23 Å². The first-order valence-electron chi connectivity index (χ1n) is 6.24. The molecule has 86 valence electrons. The third-order valence-corrected chi connectivity index (χ3v) is 3.32. The van der Waals surface area contributed by atoms with Crippen LogP contribution in [0.2, 0.25) is 0 Å². The van der Waals surface area contributed by atoms with Crippen molar-refractivity contribution in [3.63, 3.8) is 0 Å². The molecule has 1 nitrogen and oxygen atoms in total. The molecule has 0 aromatic heterocycles. The summed E-state index contributed by atoms with van der Waals surface area (Å²) >= 11 is 0. The van der Waals surface area contributed by atoms with Gasteiger partial charge in [0.15, 0.2) is 0 Å². The Hall–Kier alpha value is -1.76. The molecule has 0 atom stereocenters. The predicted octanol–water partition coefficient (Wildman–Crippen LogP) is 4.28. The van der Waals surface area contributed by atoms with Crippen molar-refractivity contribution in [1.29, 1.82) is 0 Å². The Bertz CT molecular complexity index is 469. The number of hydrogen-bond acceptors (Lipinski definition) is 1. The molecule has 2 aromatic carbocycles. The molecular weight excluding hydrogens is 208 g/mol. The average Bonchev–Trinajstić information content (AvgIpc) is 2.36. The Labute approximate surface area is 102 Å². The number of hydrogen-bond donors (Lipinski definition) is 0. The monoisotopic (exact) mass is 224 g/mol. The highest BCUT2D eigenvalue weighted by Crippen LogP contribution is 2.27. The second kappa shape index (κ2) is 4.62. The molecule has 1 aliphatic carbocycles. The summed E-state index contributed by atoms with van der Waals surface area (Å²) in [6.07, 6.45) is 4.19. The van der Waals surface area contributed by atoms with Gasteiger partial charge in [-0.2, -0.15) is 0 Å². The SMILES string of the molecule is c1ccc(-c2ccc(OC3CCC3)cc2)cc1. The van der Waals surface area contributed by atoms with Gasteiger partial charge in [0.2, 0.25) is 0 Å². The van der Waals surface area contributed by atoms with E-state index in [4.69, 9.17) is 4.74 Å². The van der Waals surface area contributed by atoms with E-state index in [9.17, 15) is 0 Å². The number of benzene rings is 2. The molecule has 0 radical (unpaired) electrons. The molecule has 1 saturated carbocycles. The van der Waals surface area contributed by atoms with Gasteiger partial charge in [0.25, 0.3) is 0 Å². The van der Waals surface area contributed by atoms with Gasteiger partial charge in [0, 0.05) is 0 Å². The number of ether oxygens (including phenoxy) is 1. The van der Waals surface area contributed by atoms with Crippen LogP contribution < -0.4 is 4.74 Å². The summed E-state index contributed by atoms with van der Waals surface area (Å²) in [4.78, 5) is 0. The quantitative estimate of drug-likeness (QED) is 0.756. The Morgan fingerprint density at radius 2 is 1.41 bits per heavy atom. The van der Waals surface area contributed by atoms with Crippen LogP contribution >= 0.6 is 0 Å². The molecule has 0 aliphatic heterocycles. The zero-order chi connectivity index (χ0) is 11.5. The first-order valence-corrected chi connectivity index (χ1v) is 6.24. The summed E-state index contributed by atoms with van der Waals surface area (Å²) in [5.74, 6) is 0.995. The molecule has 0 amide bonds. The van der Waals surface area contributed by atoms with E-state index in [1.54, 1.807) is 0 Å². The van der Waals surface area contributed by atoms with Crippen molar-refractivity contribution in [2.45, 2.75) is 25.4 Å². The van der Waals surface area contributed by atoms with Gasteiger partial charge >= 0.3 is 0 Å². The third-order valence-electron chi connectivity index (χ3n) is 3.32. The normalized spacial score (nSPS) is 15.3. The van der Waals surface area contributed by atoms with Crippen LogP contribution in [0.1, 0.15) is 19.3 Å². The van der Waals surface area contributed by atoms with Crippen LogP contribution in [0.3, 0.4) is 0 Å². The Morgan fingerprint density at radius 3 is 2.00 bits per heavy atom. The van der Waals surface area contributed by atoms with Crippen LogP contribution in [0, 0.1) is 0 Å². The lowest BCUT2D eigenvalue weighted by molar-refractivity contribution is 0.120. The van der Waals surface area contributed by atoms with E-state index in [0.717, 1.165) is 5.75 Å². The molecule has 1 fully saturated rings. The molecule has 17 heavy (non-hydrogen) atoms. The van der Waals surface area contributed by atoms with Gasteiger partial charge in [-0.15, -0.1) is 0 Å². The van der Waals surface area contributed by atoms with E-state index in [1.807, 2.05) is 6.07 Å². The summed E-state index contributed by atoms with van der Waals surface area (Å²) in [6.45, 7) is 0. The van der Waals surface area contributed by atoms with Gasteiger partial charge in [-0.05, 0) is 42.5 Å². The van der Waals surface area contributed by atoms with Gasteiger partial charge in [-0.1, -0.05) is 42.5 Å². The van der Waals surface area contributed by atoms with Crippen molar-refractivity contribution in [1.82, 2.24) is 0 Å². The van der Waals surface area contributed by atoms with Gasteiger partial charge in [-0.3, -0.25) is 0 Å². The van der Waals surface area contributed by atoms with Crippen molar-refractivity contribution < 1.29 is 4.74 Å². The molecule has 0 spiro atoms. The summed E-state index contributed by atoms with van der Waals surface area (Å²) < 4.78 is 5.84. The molecule has 0 heterocycles. The minimum atomic E-state index is 0.456. The zero-order valence-electron chi connectivity index (χ0n) is 9.80. The maximum atomic E-state index is 5.84. The molecule has 1 heteroatoms. The third kappa shape index (κ3) is 2.33. The maximum absolute atomic E-state index is 5.84. The fraction of sp³-hybridized carbons (Fsp3) is 0.250. The lowest BCUT2D eigenvalue weighted by Gasteiger charge is -2.26. The summed E-state index contributed by atoms with van der Waals surface area (Å²) in [7, 11) is 0. The van der Waals surface area contributed by atoms with Crippen LogP contribution in [-0.2, 0) is 0 Å². The second-order valence-corrected chi connectivity index (χ2v) is 4.56. The minimum absolute atomic E-state index is 0.456. The van der Waals surface area contributed by atoms with Gasteiger partial charge < -0.3 is 4.74 Å². The van der Waals surface area contributed by atoms with Crippen LogP contribution in [-0.4, -0.2) is 6.10 Å². The molecule has 0 unspecified atom stereocenters. The fourth-order valence-electron chi connectivity index (χ4n) is 2.04. The standard InChI is InChI=1S/C16H16O/c1-2-5-13(6-3-1)14-9-11-16(12-10-14)17-15-7-4-8-15/h1-3,5-6,9-12,15H,4,7-8H2. The van der Waals surface area contributed by atoms with Gasteiger partial charge in [-0.25, -0.2) is 0 Å². The molecule has 1 aliphatic rings. The molecule has 2 aromatic rings. The predicted molar refractivity (Wildman–Crippen MR) is 70.1 cm³/mol. The van der Waals surface area contributed by atoms with Gasteiger partial charge in [0.1, 0.15) is 5.75 Å². The van der Waals surface area contributed by atoms with E-state index in [-0.39, 0.29) is 0 Å². The van der Waals surface area contributed by atoms with Crippen molar-refractivity contribution >= 4 is 0 Å². The van der Waals surface area contributed by atoms with E-state index in [2.05, 4.69) is 48.5 Å². The van der Waals surface area contributed by atoms with Crippen LogP contribution in [0.15, 0.2) is 54.6 Å². The lowest BCUT2D eigenvalue weighted by atomic mass is 9.96. The fourth-order valence-corrected chi connectivity index (χ4v) is 2.04. The Balaban J connectivity index is 1.75. The lowest BCUT2D eigenvalue weighted by Crippen LogP contribution is -2.24. The van der Waals surface area contributed by atoms with E-state index < -0.39 is 0 Å². The average molecular weight is 224 g/mol. The smallest absolute Gasteiger partial charge is 0.119 e. The van der Waals surface area contributed by atoms with E-state index >= 15 is 0 Å². The Morgan fingerprint density at radius 1 is 0.765 bits per heavy atom. The first kappa shape index (κ1) is 10.4. The summed E-state index contributed by atoms with van der Waals surface area (Å²) in [5.41, 5.74) is 2.49. The summed E-state index contributed by atoms with van der Waals surface area (Å²) in [5, 5.41) is 0. The summed E-state index contributed by atoms with van der Waals surface area (Å²) in [6, 6.07) is 18.8. The van der Waals surface area contributed by atoms with Crippen LogP contribution in [0.25, 0.3) is 11.1 Å². The molecule has 0 bridgehead atoms. The molecule has 3 rings (SSSR count). The van der Waals surface area contributed by atoms with Gasteiger partial charge in [0.05, 0.1) is 6.10 Å². The van der Waals surface area contributed by atoms with Crippen molar-refractivity contribution in [3.8, 4) is 16.9 Å². The largest absolute Gasteiger partial charge is 0.490 e. The highest BCUT2D eigenvalue weighted by Gasteiger charge is 2.18. The maximum Gasteiger partial charge on any atom is 0.119 e. The number of rotatable bonds is 3. The van der Waals surface area contributed by atoms with Crippen molar-refractivity contribution in [3.05, 3.63) is 54.6 Å². The second-order valence-electron chi connectivity index (χ2n) is 4.56. The Kier molecular flexibility index (Phi) is 2.83. The zero-order valence-corrected chi connectivity index (χ0v) is 9.80. The highest BCUT2D eigenvalue weighted by atomic mass is 16.5. The molecule has 0 saturated heterocycles. The molecule has 0 N–H and O–H groups in total. The van der Waals surface area contributed by atoms with Crippen molar-refractivity contribution in [2.75, 3.05) is 0 Å². The van der Waals surface area contributed by atoms with E-state index in [1.165, 1.54) is 30.4 Å². The van der Waals surface area contributed by atoms with Crippen LogP contribution in [0.4, 0.5) is 0 Å². The van der Waals surface area contributed by atoms with Crippen LogP contribution in [0.5, 0.6) is 5.75 Å². The first-order chi connectivity index (χ1) is 8.42. The highest BCUT2D eigenvalue weighted by molar-refractivity contribution is 5.63. The van der Waals surface area contributed by atoms with E-state index in [0.29, 0.717) is 6.10 Å². The minimum Gasteiger partial charge on any atom is -0.490 e. The molecular formula is C16H16O.